The average molecular weight is 593 g/mol. The maximum atomic E-state index is 13.8. The fraction of sp³-hybridized carbons (Fsp3) is 0.179. The van der Waals surface area contributed by atoms with Crippen LogP contribution in [0.5, 0.6) is 5.75 Å². The zero-order valence-corrected chi connectivity index (χ0v) is 23.3. The minimum Gasteiger partial charge on any atom is -0.497 e. The first kappa shape index (κ1) is 26.3. The summed E-state index contributed by atoms with van der Waals surface area (Å²) in [5, 5.41) is 3.00. The summed E-state index contributed by atoms with van der Waals surface area (Å²) in [5.74, 6) is -1.80. The Bertz CT molecular complexity index is 1670. The summed E-state index contributed by atoms with van der Waals surface area (Å²) < 4.78 is 6.53. The number of aromatic nitrogens is 2. The van der Waals surface area contributed by atoms with Crippen LogP contribution < -0.4 is 19.8 Å². The third kappa shape index (κ3) is 4.59. The molecule has 2 aromatic heterocycles. The van der Waals surface area contributed by atoms with Crippen molar-refractivity contribution >= 4 is 63.8 Å². The van der Waals surface area contributed by atoms with Gasteiger partial charge in [0.25, 0.3) is 0 Å². The molecular weight excluding hydrogens is 572 g/mol. The van der Waals surface area contributed by atoms with Crippen LogP contribution in [0.2, 0.25) is 5.02 Å². The molecule has 6 rings (SSSR count). The molecule has 9 nitrogen and oxygen atoms in total. The number of halogens is 1. The highest BCUT2D eigenvalue weighted by Gasteiger charge is 2.56. The highest BCUT2D eigenvalue weighted by Crippen LogP contribution is 2.53. The molecule has 12 heteroatoms. The van der Waals surface area contributed by atoms with Gasteiger partial charge in [0.15, 0.2) is 0 Å². The molecule has 4 heterocycles. The van der Waals surface area contributed by atoms with Gasteiger partial charge >= 0.3 is 4.87 Å². The Kier molecular flexibility index (Phi) is 6.95. The van der Waals surface area contributed by atoms with E-state index in [2.05, 4.69) is 10.3 Å². The maximum Gasteiger partial charge on any atom is 0.308 e. The Hall–Kier alpha value is -3.93. The van der Waals surface area contributed by atoms with Gasteiger partial charge in [-0.15, -0.1) is 0 Å². The average Bonchev–Trinajstić information content (AvgIpc) is 3.40. The quantitative estimate of drug-likeness (QED) is 0.330. The molecule has 3 atom stereocenters. The molecule has 1 saturated heterocycles. The highest BCUT2D eigenvalue weighted by atomic mass is 35.5. The molecule has 1 N–H and O–H groups in total. The standard InChI is InChI=1S/C28H21ClN4O5S2/c1-38-19-10-6-17(7-11-19)31-20(34)14-32-27-24(40-28(32)37)21(15-3-2-12-30-13-15)22-23(39-27)26(36)33(25(22)35)18-8-4-16(29)5-9-18/h2-13,21-23H,14H2,1H3,(H,31,34)/t21-,22-,23+/m0/s1. The smallest absolute Gasteiger partial charge is 0.308 e. The number of thiazole rings is 1. The monoisotopic (exact) mass is 592 g/mol. The van der Waals surface area contributed by atoms with E-state index in [0.29, 0.717) is 37.6 Å². The third-order valence-corrected chi connectivity index (χ3v) is 9.71. The van der Waals surface area contributed by atoms with Crippen molar-refractivity contribution in [3.8, 4) is 5.75 Å². The topological polar surface area (TPSA) is 111 Å². The van der Waals surface area contributed by atoms with Gasteiger partial charge in [0.2, 0.25) is 17.7 Å². The predicted molar refractivity (Wildman–Crippen MR) is 153 cm³/mol. The van der Waals surface area contributed by atoms with Gasteiger partial charge in [-0.1, -0.05) is 40.8 Å². The summed E-state index contributed by atoms with van der Waals surface area (Å²) in [6.45, 7) is -0.246. The van der Waals surface area contributed by atoms with Gasteiger partial charge in [0, 0.05) is 33.9 Å². The van der Waals surface area contributed by atoms with Crippen molar-refractivity contribution in [1.82, 2.24) is 9.55 Å². The summed E-state index contributed by atoms with van der Waals surface area (Å²) in [4.78, 5) is 59.5. The van der Waals surface area contributed by atoms with E-state index in [1.807, 2.05) is 6.07 Å². The minimum atomic E-state index is -0.786. The van der Waals surface area contributed by atoms with Crippen molar-refractivity contribution in [2.24, 2.45) is 5.92 Å². The van der Waals surface area contributed by atoms with Gasteiger partial charge < -0.3 is 10.1 Å². The van der Waals surface area contributed by atoms with E-state index in [1.54, 1.807) is 74.1 Å². The van der Waals surface area contributed by atoms with Gasteiger partial charge in [-0.05, 0) is 60.2 Å². The molecular formula is C28H21ClN4O5S2. The van der Waals surface area contributed by atoms with E-state index in [0.717, 1.165) is 23.1 Å². The summed E-state index contributed by atoms with van der Waals surface area (Å²) in [6.07, 6.45) is 3.27. The first-order chi connectivity index (χ1) is 19.4. The first-order valence-electron chi connectivity index (χ1n) is 12.2. The van der Waals surface area contributed by atoms with E-state index in [1.165, 1.54) is 9.47 Å². The lowest BCUT2D eigenvalue weighted by Gasteiger charge is -2.30. The second-order valence-electron chi connectivity index (χ2n) is 9.22. The van der Waals surface area contributed by atoms with Crippen LogP contribution in [0.3, 0.4) is 0 Å². The van der Waals surface area contributed by atoms with E-state index in [9.17, 15) is 19.2 Å². The van der Waals surface area contributed by atoms with Crippen LogP contribution in [-0.2, 0) is 20.9 Å². The number of hydrogen-bond donors (Lipinski definition) is 1. The van der Waals surface area contributed by atoms with Gasteiger partial charge in [-0.2, -0.15) is 0 Å². The lowest BCUT2D eigenvalue weighted by Crippen LogP contribution is -2.33. The largest absolute Gasteiger partial charge is 0.497 e. The number of hydrogen-bond acceptors (Lipinski definition) is 8. The van der Waals surface area contributed by atoms with Gasteiger partial charge in [0.1, 0.15) is 17.5 Å². The van der Waals surface area contributed by atoms with Crippen molar-refractivity contribution in [3.63, 3.8) is 0 Å². The van der Waals surface area contributed by atoms with Crippen LogP contribution in [0.15, 0.2) is 82.9 Å². The molecule has 202 valence electrons. The molecule has 0 unspecified atom stereocenters. The van der Waals surface area contributed by atoms with Gasteiger partial charge in [-0.25, -0.2) is 4.90 Å². The zero-order valence-electron chi connectivity index (χ0n) is 20.9. The van der Waals surface area contributed by atoms with Gasteiger partial charge in [0.05, 0.1) is 23.7 Å². The van der Waals surface area contributed by atoms with Crippen molar-refractivity contribution in [3.05, 3.63) is 98.2 Å². The number of methoxy groups -OCH3 is 1. The zero-order chi connectivity index (χ0) is 28.0. The Balaban J connectivity index is 1.37. The summed E-state index contributed by atoms with van der Waals surface area (Å²) in [5.41, 5.74) is 1.70. The third-order valence-electron chi connectivity index (χ3n) is 6.85. The number of benzene rings is 2. The second-order valence-corrected chi connectivity index (χ2v) is 11.8. The Labute approximate surface area is 241 Å². The molecule has 0 spiro atoms. The Morgan fingerprint density at radius 3 is 2.48 bits per heavy atom. The Morgan fingerprint density at radius 1 is 1.05 bits per heavy atom. The SMILES string of the molecule is COc1ccc(NC(=O)Cn2c3c(sc2=O)[C@@H](c2cccnc2)[C@@H]2C(=O)N(c4ccc(Cl)cc4)C(=O)[C@@H]2S3)cc1. The number of amides is 3. The number of rotatable bonds is 6. The van der Waals surface area contributed by atoms with Crippen molar-refractivity contribution in [2.45, 2.75) is 22.7 Å². The molecule has 0 bridgehead atoms. The van der Waals surface area contributed by atoms with Crippen LogP contribution in [-0.4, -0.2) is 39.6 Å². The summed E-state index contributed by atoms with van der Waals surface area (Å²) in [7, 11) is 1.55. The number of thioether (sulfide) groups is 1. The second kappa shape index (κ2) is 10.6. The predicted octanol–water partition coefficient (Wildman–Crippen LogP) is 4.40. The number of ether oxygens (including phenoxy) is 1. The summed E-state index contributed by atoms with van der Waals surface area (Å²) in [6, 6.07) is 17.0. The van der Waals surface area contributed by atoms with E-state index >= 15 is 0 Å². The van der Waals surface area contributed by atoms with E-state index < -0.39 is 23.0 Å². The molecule has 40 heavy (non-hydrogen) atoms. The van der Waals surface area contributed by atoms with Crippen molar-refractivity contribution < 1.29 is 19.1 Å². The maximum absolute atomic E-state index is 13.8. The first-order valence-corrected chi connectivity index (χ1v) is 14.3. The highest BCUT2D eigenvalue weighted by molar-refractivity contribution is 8.00. The molecule has 4 aromatic rings. The molecule has 0 aliphatic carbocycles. The number of pyridine rings is 1. The van der Waals surface area contributed by atoms with Gasteiger partial charge in [-0.3, -0.25) is 28.7 Å². The van der Waals surface area contributed by atoms with Crippen LogP contribution in [0.1, 0.15) is 16.4 Å². The van der Waals surface area contributed by atoms with E-state index in [-0.39, 0.29) is 23.2 Å². The molecule has 2 aromatic carbocycles. The molecule has 3 amide bonds. The molecule has 2 aliphatic rings. The van der Waals surface area contributed by atoms with Crippen LogP contribution >= 0.6 is 34.7 Å². The number of anilines is 2. The fourth-order valence-corrected chi connectivity index (χ4v) is 7.94. The van der Waals surface area contributed by atoms with Crippen LogP contribution in [0.25, 0.3) is 0 Å². The number of carbonyl (C=O) groups is 3. The van der Waals surface area contributed by atoms with Crippen molar-refractivity contribution in [2.75, 3.05) is 17.3 Å². The Morgan fingerprint density at radius 2 is 1.80 bits per heavy atom. The minimum absolute atomic E-state index is 0.246. The lowest BCUT2D eigenvalue weighted by molar-refractivity contribution is -0.122. The van der Waals surface area contributed by atoms with Crippen LogP contribution in [0.4, 0.5) is 11.4 Å². The van der Waals surface area contributed by atoms with E-state index in [4.69, 9.17) is 16.3 Å². The number of fused-ring (bicyclic) bond motifs is 2. The number of carbonyl (C=O) groups excluding carboxylic acids is 3. The van der Waals surface area contributed by atoms with Crippen LogP contribution in [0, 0.1) is 5.92 Å². The molecule has 0 saturated carbocycles. The number of nitrogens with zero attached hydrogens (tertiary/aromatic N) is 3. The fourth-order valence-electron chi connectivity index (χ4n) is 5.04. The lowest BCUT2D eigenvalue weighted by atomic mass is 9.84. The normalized spacial score (nSPS) is 19.8. The number of imide groups is 1. The molecule has 1 fully saturated rings. The summed E-state index contributed by atoms with van der Waals surface area (Å²) >= 11 is 8.18. The molecule has 0 radical (unpaired) electrons. The molecule has 2 aliphatic heterocycles. The van der Waals surface area contributed by atoms with Crippen molar-refractivity contribution in [1.29, 1.82) is 0 Å². The number of nitrogens with one attached hydrogen (secondary N) is 1.